The van der Waals surface area contributed by atoms with Gasteiger partial charge in [0.05, 0.1) is 12.8 Å². The van der Waals surface area contributed by atoms with Gasteiger partial charge >= 0.3 is 5.97 Å². The highest BCUT2D eigenvalue weighted by Crippen LogP contribution is 2.53. The largest absolute Gasteiger partial charge is 0.467 e. The molecule has 1 aliphatic carbocycles. The summed E-state index contributed by atoms with van der Waals surface area (Å²) in [5.74, 6) is -0.788. The molecular formula is C27H26FN3O2S. The van der Waals surface area contributed by atoms with Gasteiger partial charge in [0.15, 0.2) is 0 Å². The lowest BCUT2D eigenvalue weighted by molar-refractivity contribution is -0.145. The number of thiazole rings is 1. The SMILES string of the molecule is COC(=O)C(C)(C)N(C)c1ccc(-c2nc3ccc(C4(c5ccccc5)CC4)nc3s2)c(F)c1. The number of nitrogens with zero attached hydrogens (tertiary/aromatic N) is 3. The standard InChI is InChI=1S/C27H26FN3O2S/c1-26(2,25(32)33-4)31(3)18-10-11-19(20(28)16-18)23-29-21-12-13-22(30-24(21)34-23)27(14-15-27)17-8-6-5-7-9-17/h5-13,16H,14-15H2,1-4H3. The molecule has 0 atom stereocenters. The molecule has 4 aromatic rings. The fourth-order valence-corrected chi connectivity index (χ4v) is 5.33. The molecule has 174 valence electrons. The van der Waals surface area contributed by atoms with E-state index in [2.05, 4.69) is 35.3 Å². The second kappa shape index (κ2) is 8.17. The summed E-state index contributed by atoms with van der Waals surface area (Å²) < 4.78 is 20.1. The van der Waals surface area contributed by atoms with E-state index < -0.39 is 17.3 Å². The van der Waals surface area contributed by atoms with E-state index in [4.69, 9.17) is 9.72 Å². The highest BCUT2D eigenvalue weighted by molar-refractivity contribution is 7.21. The number of halogens is 1. The first kappa shape index (κ1) is 22.5. The monoisotopic (exact) mass is 475 g/mol. The number of hydrogen-bond acceptors (Lipinski definition) is 6. The van der Waals surface area contributed by atoms with Crippen LogP contribution in [0.25, 0.3) is 20.9 Å². The predicted molar refractivity (Wildman–Crippen MR) is 134 cm³/mol. The van der Waals surface area contributed by atoms with E-state index in [-0.39, 0.29) is 5.41 Å². The molecule has 2 aromatic carbocycles. The van der Waals surface area contributed by atoms with E-state index in [1.807, 2.05) is 12.1 Å². The molecule has 0 aliphatic heterocycles. The molecule has 0 unspecified atom stereocenters. The molecule has 0 bridgehead atoms. The van der Waals surface area contributed by atoms with Crippen LogP contribution in [0.3, 0.4) is 0 Å². The average Bonchev–Trinajstić information content (AvgIpc) is 3.56. The van der Waals surface area contributed by atoms with Gasteiger partial charge in [0.2, 0.25) is 0 Å². The van der Waals surface area contributed by atoms with Gasteiger partial charge in [-0.3, -0.25) is 0 Å². The van der Waals surface area contributed by atoms with E-state index in [9.17, 15) is 4.79 Å². The van der Waals surface area contributed by atoms with Gasteiger partial charge in [-0.1, -0.05) is 41.7 Å². The van der Waals surface area contributed by atoms with Crippen molar-refractivity contribution in [1.82, 2.24) is 9.97 Å². The van der Waals surface area contributed by atoms with E-state index in [1.165, 1.54) is 30.1 Å². The zero-order valence-corrected chi connectivity index (χ0v) is 20.4. The van der Waals surface area contributed by atoms with Gasteiger partial charge in [0, 0.05) is 23.7 Å². The van der Waals surface area contributed by atoms with Crippen LogP contribution in [0, 0.1) is 5.82 Å². The molecule has 0 radical (unpaired) electrons. The minimum absolute atomic E-state index is 0.0243. The van der Waals surface area contributed by atoms with Gasteiger partial charge in [0.1, 0.15) is 26.7 Å². The molecule has 5 rings (SSSR count). The Hall–Kier alpha value is -3.32. The van der Waals surface area contributed by atoms with Crippen molar-refractivity contribution in [3.63, 3.8) is 0 Å². The number of anilines is 1. The van der Waals surface area contributed by atoms with E-state index in [0.717, 1.165) is 28.9 Å². The van der Waals surface area contributed by atoms with Crippen molar-refractivity contribution in [2.24, 2.45) is 0 Å². The number of carbonyl (C=O) groups is 1. The summed E-state index contributed by atoms with van der Waals surface area (Å²) in [6, 6.07) is 19.4. The highest BCUT2D eigenvalue weighted by Gasteiger charge is 2.47. The van der Waals surface area contributed by atoms with Crippen LogP contribution in [0.1, 0.15) is 37.9 Å². The van der Waals surface area contributed by atoms with E-state index in [1.54, 1.807) is 37.9 Å². The van der Waals surface area contributed by atoms with E-state index in [0.29, 0.717) is 16.3 Å². The predicted octanol–water partition coefficient (Wildman–Crippen LogP) is 5.97. The highest BCUT2D eigenvalue weighted by atomic mass is 32.1. The number of aromatic nitrogens is 2. The fourth-order valence-electron chi connectivity index (χ4n) is 4.37. The lowest BCUT2D eigenvalue weighted by Gasteiger charge is -2.34. The van der Waals surface area contributed by atoms with Crippen LogP contribution in [-0.2, 0) is 14.9 Å². The Labute approximate surface area is 202 Å². The Kier molecular flexibility index (Phi) is 5.40. The molecule has 2 aromatic heterocycles. The normalized spacial score (nSPS) is 14.7. The molecule has 5 nitrogen and oxygen atoms in total. The van der Waals surface area contributed by atoms with Crippen LogP contribution >= 0.6 is 11.3 Å². The molecular weight excluding hydrogens is 449 g/mol. The number of benzene rings is 2. The molecule has 1 aliphatic rings. The molecule has 1 saturated carbocycles. The summed E-state index contributed by atoms with van der Waals surface area (Å²) in [4.78, 5) is 24.2. The second-order valence-electron chi connectivity index (χ2n) is 9.26. The maximum Gasteiger partial charge on any atom is 0.331 e. The third-order valence-corrected chi connectivity index (χ3v) is 7.91. The minimum atomic E-state index is -0.934. The summed E-state index contributed by atoms with van der Waals surface area (Å²) in [6.45, 7) is 3.48. The summed E-state index contributed by atoms with van der Waals surface area (Å²) in [5, 5.41) is 0.586. The van der Waals surface area contributed by atoms with Crippen molar-refractivity contribution in [3.8, 4) is 10.6 Å². The van der Waals surface area contributed by atoms with Gasteiger partial charge in [-0.25, -0.2) is 19.2 Å². The van der Waals surface area contributed by atoms with Crippen LogP contribution in [0.5, 0.6) is 0 Å². The van der Waals surface area contributed by atoms with Crippen molar-refractivity contribution < 1.29 is 13.9 Å². The number of hydrogen-bond donors (Lipinski definition) is 0. The Morgan fingerprint density at radius 3 is 2.47 bits per heavy atom. The number of rotatable bonds is 6. The number of esters is 1. The first-order valence-corrected chi connectivity index (χ1v) is 12.0. The van der Waals surface area contributed by atoms with Gasteiger partial charge in [0.25, 0.3) is 0 Å². The van der Waals surface area contributed by atoms with E-state index >= 15 is 4.39 Å². The Morgan fingerprint density at radius 1 is 1.09 bits per heavy atom. The molecule has 0 amide bonds. The molecule has 7 heteroatoms. The van der Waals surface area contributed by atoms with Gasteiger partial charge in [-0.15, -0.1) is 0 Å². The van der Waals surface area contributed by atoms with Crippen molar-refractivity contribution >= 4 is 33.3 Å². The number of likely N-dealkylation sites (N-methyl/N-ethyl adjacent to an activating group) is 1. The van der Waals surface area contributed by atoms with Crippen molar-refractivity contribution in [2.75, 3.05) is 19.1 Å². The second-order valence-corrected chi connectivity index (χ2v) is 10.2. The van der Waals surface area contributed by atoms with Gasteiger partial charge in [-0.2, -0.15) is 0 Å². The van der Waals surface area contributed by atoms with Crippen LogP contribution in [0.4, 0.5) is 10.1 Å². The van der Waals surface area contributed by atoms with Crippen molar-refractivity contribution in [1.29, 1.82) is 0 Å². The number of fused-ring (bicyclic) bond motifs is 1. The Bertz CT molecular complexity index is 1380. The smallest absolute Gasteiger partial charge is 0.331 e. The molecule has 0 saturated heterocycles. The Balaban J connectivity index is 1.47. The number of pyridine rings is 1. The topological polar surface area (TPSA) is 55.3 Å². The summed E-state index contributed by atoms with van der Waals surface area (Å²) in [7, 11) is 3.09. The first-order valence-electron chi connectivity index (χ1n) is 11.2. The van der Waals surface area contributed by atoms with Gasteiger partial charge < -0.3 is 9.64 Å². The lowest BCUT2D eigenvalue weighted by Crippen LogP contribution is -2.48. The quantitative estimate of drug-likeness (QED) is 0.322. The maximum absolute atomic E-state index is 15.2. The molecule has 34 heavy (non-hydrogen) atoms. The number of methoxy groups -OCH3 is 1. The zero-order chi connectivity index (χ0) is 24.1. The molecule has 0 spiro atoms. The summed E-state index contributed by atoms with van der Waals surface area (Å²) in [5.41, 5.74) is 3.13. The molecule has 1 fully saturated rings. The average molecular weight is 476 g/mol. The minimum Gasteiger partial charge on any atom is -0.467 e. The van der Waals surface area contributed by atoms with Gasteiger partial charge in [-0.05, 0) is 62.6 Å². The first-order chi connectivity index (χ1) is 16.3. The third-order valence-electron chi connectivity index (χ3n) is 6.92. The van der Waals surface area contributed by atoms with Crippen molar-refractivity contribution in [3.05, 3.63) is 77.7 Å². The Morgan fingerprint density at radius 2 is 1.82 bits per heavy atom. The lowest BCUT2D eigenvalue weighted by atomic mass is 9.92. The van der Waals surface area contributed by atoms with Crippen LogP contribution in [0.2, 0.25) is 0 Å². The summed E-state index contributed by atoms with van der Waals surface area (Å²) >= 11 is 1.40. The number of ether oxygens (including phenoxy) is 1. The van der Waals surface area contributed by atoms with Crippen LogP contribution in [0.15, 0.2) is 60.7 Å². The van der Waals surface area contributed by atoms with Crippen molar-refractivity contribution in [2.45, 2.75) is 37.6 Å². The number of carbonyl (C=O) groups excluding carboxylic acids is 1. The molecule has 0 N–H and O–H groups in total. The third kappa shape index (κ3) is 3.64. The fraction of sp³-hybridized carbons (Fsp3) is 0.296. The van der Waals surface area contributed by atoms with Crippen LogP contribution in [-0.4, -0.2) is 35.6 Å². The molecule has 2 heterocycles. The van der Waals surface area contributed by atoms with Crippen LogP contribution < -0.4 is 4.90 Å². The maximum atomic E-state index is 15.2. The summed E-state index contributed by atoms with van der Waals surface area (Å²) in [6.07, 6.45) is 2.15. The zero-order valence-electron chi connectivity index (χ0n) is 19.6.